The molecule has 0 N–H and O–H groups in total. The van der Waals surface area contributed by atoms with E-state index in [2.05, 4.69) is 42.2 Å². The lowest BCUT2D eigenvalue weighted by atomic mass is 10.0. The normalized spacial score (nSPS) is 17.7. The second-order valence-electron chi connectivity index (χ2n) is 6.84. The molecule has 4 nitrogen and oxygen atoms in total. The van der Waals surface area contributed by atoms with Crippen LogP contribution in [-0.4, -0.2) is 23.5 Å². The predicted octanol–water partition coefficient (Wildman–Crippen LogP) is 5.37. The van der Waals surface area contributed by atoms with E-state index in [0.717, 1.165) is 41.1 Å². The molecular weight excluding hydrogens is 344 g/mol. The van der Waals surface area contributed by atoms with Gasteiger partial charge in [0, 0.05) is 17.5 Å². The number of hydrogen-bond donors (Lipinski definition) is 0. The van der Waals surface area contributed by atoms with Gasteiger partial charge in [0.2, 0.25) is 5.89 Å². The van der Waals surface area contributed by atoms with Crippen molar-refractivity contribution in [3.8, 4) is 16.5 Å². The Bertz CT molecular complexity index is 899. The molecule has 136 valence electrons. The first-order chi connectivity index (χ1) is 12.6. The number of aryl methyl sites for hydroxylation is 2. The van der Waals surface area contributed by atoms with Crippen LogP contribution in [0.5, 0.6) is 5.75 Å². The molecule has 0 radical (unpaired) electrons. The lowest BCUT2D eigenvalue weighted by Gasteiger charge is -2.24. The first-order valence-corrected chi connectivity index (χ1v) is 9.87. The Kier molecular flexibility index (Phi) is 4.83. The van der Waals surface area contributed by atoms with Crippen LogP contribution in [0.25, 0.3) is 10.8 Å². The fourth-order valence-electron chi connectivity index (χ4n) is 3.66. The molecule has 1 aromatic carbocycles. The topological polar surface area (TPSA) is 38.5 Å². The number of thiophene rings is 1. The van der Waals surface area contributed by atoms with Gasteiger partial charge in [-0.05, 0) is 63.1 Å². The molecule has 1 aliphatic heterocycles. The van der Waals surface area contributed by atoms with Crippen LogP contribution in [0.2, 0.25) is 0 Å². The van der Waals surface area contributed by atoms with Gasteiger partial charge in [-0.1, -0.05) is 12.1 Å². The fraction of sp³-hybridized carbons (Fsp3) is 0.381. The van der Waals surface area contributed by atoms with Crippen molar-refractivity contribution in [2.45, 2.75) is 39.3 Å². The Hall–Kier alpha value is -2.11. The number of oxazole rings is 1. The molecule has 0 saturated carbocycles. The highest BCUT2D eigenvalue weighted by Gasteiger charge is 2.28. The van der Waals surface area contributed by atoms with E-state index in [4.69, 9.17) is 14.1 Å². The number of hydrogen-bond acceptors (Lipinski definition) is 5. The Morgan fingerprint density at radius 3 is 2.92 bits per heavy atom. The standard InChI is InChI=1S/C21H24N2O2S/c1-14-9-10-20(26-14)21-22-18(15(2)25-21)13-23-11-5-8-19(23)16-6-4-7-17(12-16)24-3/h4,6-7,9-10,12,19H,5,8,11,13H2,1-3H3/t19-/m1/s1. The molecule has 3 heterocycles. The fourth-order valence-corrected chi connectivity index (χ4v) is 4.46. The summed E-state index contributed by atoms with van der Waals surface area (Å²) in [6, 6.07) is 13.0. The summed E-state index contributed by atoms with van der Waals surface area (Å²) in [6.07, 6.45) is 2.37. The molecule has 1 fully saturated rings. The summed E-state index contributed by atoms with van der Waals surface area (Å²) in [4.78, 5) is 9.67. The average molecular weight is 369 g/mol. The second kappa shape index (κ2) is 7.25. The van der Waals surface area contributed by atoms with Gasteiger partial charge in [0.05, 0.1) is 17.7 Å². The Morgan fingerprint density at radius 1 is 1.27 bits per heavy atom. The number of methoxy groups -OCH3 is 1. The molecule has 5 heteroatoms. The van der Waals surface area contributed by atoms with E-state index in [1.54, 1.807) is 18.4 Å². The monoisotopic (exact) mass is 368 g/mol. The SMILES string of the molecule is COc1cccc([C@H]2CCCN2Cc2nc(-c3ccc(C)s3)oc2C)c1. The van der Waals surface area contributed by atoms with Gasteiger partial charge in [-0.2, -0.15) is 0 Å². The van der Waals surface area contributed by atoms with E-state index in [9.17, 15) is 0 Å². The van der Waals surface area contributed by atoms with Crippen molar-refractivity contribution < 1.29 is 9.15 Å². The summed E-state index contributed by atoms with van der Waals surface area (Å²) in [7, 11) is 1.72. The highest BCUT2D eigenvalue weighted by Crippen LogP contribution is 2.35. The summed E-state index contributed by atoms with van der Waals surface area (Å²) >= 11 is 1.72. The lowest BCUT2D eigenvalue weighted by molar-refractivity contribution is 0.244. The molecule has 0 bridgehead atoms. The van der Waals surface area contributed by atoms with Gasteiger partial charge in [-0.25, -0.2) is 4.98 Å². The third-order valence-corrected chi connectivity index (χ3v) is 6.03. The third kappa shape index (κ3) is 3.41. The summed E-state index contributed by atoms with van der Waals surface area (Å²) in [6.45, 7) is 6.03. The van der Waals surface area contributed by atoms with Crippen LogP contribution >= 0.6 is 11.3 Å². The second-order valence-corrected chi connectivity index (χ2v) is 8.13. The molecule has 0 aliphatic carbocycles. The first kappa shape index (κ1) is 17.3. The molecule has 0 spiro atoms. The van der Waals surface area contributed by atoms with E-state index < -0.39 is 0 Å². The number of aromatic nitrogens is 1. The van der Waals surface area contributed by atoms with Crippen molar-refractivity contribution in [2.75, 3.05) is 13.7 Å². The van der Waals surface area contributed by atoms with Crippen LogP contribution in [0, 0.1) is 13.8 Å². The zero-order chi connectivity index (χ0) is 18.1. The minimum Gasteiger partial charge on any atom is -0.497 e. The Balaban J connectivity index is 1.55. The first-order valence-electron chi connectivity index (χ1n) is 9.05. The summed E-state index contributed by atoms with van der Waals surface area (Å²) in [5.74, 6) is 2.58. The van der Waals surface area contributed by atoms with Gasteiger partial charge in [0.1, 0.15) is 11.5 Å². The zero-order valence-electron chi connectivity index (χ0n) is 15.5. The van der Waals surface area contributed by atoms with Gasteiger partial charge >= 0.3 is 0 Å². The average Bonchev–Trinajstić information content (AvgIpc) is 3.36. The minimum atomic E-state index is 0.411. The van der Waals surface area contributed by atoms with Crippen LogP contribution in [0.15, 0.2) is 40.8 Å². The molecule has 0 amide bonds. The largest absolute Gasteiger partial charge is 0.497 e. The van der Waals surface area contributed by atoms with Crippen molar-refractivity contribution in [1.82, 2.24) is 9.88 Å². The lowest BCUT2D eigenvalue weighted by Crippen LogP contribution is -2.23. The van der Waals surface area contributed by atoms with E-state index in [-0.39, 0.29) is 0 Å². The van der Waals surface area contributed by atoms with Gasteiger partial charge in [0.25, 0.3) is 0 Å². The van der Waals surface area contributed by atoms with E-state index in [1.165, 1.54) is 23.3 Å². The van der Waals surface area contributed by atoms with E-state index >= 15 is 0 Å². The molecule has 0 unspecified atom stereocenters. The molecule has 1 saturated heterocycles. The van der Waals surface area contributed by atoms with Crippen molar-refractivity contribution in [3.05, 3.63) is 58.3 Å². The van der Waals surface area contributed by atoms with Crippen LogP contribution < -0.4 is 4.74 Å². The van der Waals surface area contributed by atoms with Gasteiger partial charge in [-0.3, -0.25) is 4.90 Å². The smallest absolute Gasteiger partial charge is 0.236 e. The number of benzene rings is 1. The van der Waals surface area contributed by atoms with Gasteiger partial charge < -0.3 is 9.15 Å². The zero-order valence-corrected chi connectivity index (χ0v) is 16.3. The maximum atomic E-state index is 5.95. The summed E-state index contributed by atoms with van der Waals surface area (Å²) < 4.78 is 11.4. The van der Waals surface area contributed by atoms with Crippen molar-refractivity contribution >= 4 is 11.3 Å². The summed E-state index contributed by atoms with van der Waals surface area (Å²) in [5.41, 5.74) is 2.36. The Labute approximate surface area is 158 Å². The number of nitrogens with zero attached hydrogens (tertiary/aromatic N) is 2. The van der Waals surface area contributed by atoms with Crippen LogP contribution in [0.3, 0.4) is 0 Å². The molecule has 1 atom stereocenters. The highest BCUT2D eigenvalue weighted by molar-refractivity contribution is 7.15. The number of ether oxygens (including phenoxy) is 1. The molecule has 26 heavy (non-hydrogen) atoms. The van der Waals surface area contributed by atoms with E-state index in [0.29, 0.717) is 6.04 Å². The number of rotatable bonds is 5. The predicted molar refractivity (Wildman–Crippen MR) is 105 cm³/mol. The molecule has 4 rings (SSSR count). The maximum absolute atomic E-state index is 5.95. The van der Waals surface area contributed by atoms with Gasteiger partial charge in [-0.15, -0.1) is 11.3 Å². The third-order valence-electron chi connectivity index (χ3n) is 5.04. The molecule has 1 aliphatic rings. The molecule has 2 aromatic heterocycles. The quantitative estimate of drug-likeness (QED) is 0.607. The Morgan fingerprint density at radius 2 is 2.15 bits per heavy atom. The van der Waals surface area contributed by atoms with Crippen LogP contribution in [-0.2, 0) is 6.54 Å². The maximum Gasteiger partial charge on any atom is 0.236 e. The van der Waals surface area contributed by atoms with Crippen molar-refractivity contribution in [3.63, 3.8) is 0 Å². The van der Waals surface area contributed by atoms with Crippen LogP contribution in [0.1, 0.15) is 40.8 Å². The minimum absolute atomic E-state index is 0.411. The van der Waals surface area contributed by atoms with E-state index in [1.807, 2.05) is 13.0 Å². The number of likely N-dealkylation sites (tertiary alicyclic amines) is 1. The highest BCUT2D eigenvalue weighted by atomic mass is 32.1. The van der Waals surface area contributed by atoms with Crippen molar-refractivity contribution in [2.24, 2.45) is 0 Å². The molecular formula is C21H24N2O2S. The van der Waals surface area contributed by atoms with Crippen LogP contribution in [0.4, 0.5) is 0 Å². The van der Waals surface area contributed by atoms with Crippen molar-refractivity contribution in [1.29, 1.82) is 0 Å². The summed E-state index contributed by atoms with van der Waals surface area (Å²) in [5, 5.41) is 0. The molecule has 3 aromatic rings. The van der Waals surface area contributed by atoms with Gasteiger partial charge in [0.15, 0.2) is 0 Å².